The molecule has 1 aliphatic rings. The van der Waals surface area contributed by atoms with Crippen molar-refractivity contribution in [3.8, 4) is 0 Å². The number of carbonyl (C=O) groups is 1. The molecule has 0 amide bonds. The zero-order chi connectivity index (χ0) is 18.7. The summed E-state index contributed by atoms with van der Waals surface area (Å²) in [6, 6.07) is 22.7. The average molecular weight is 389 g/mol. The van der Waals surface area contributed by atoms with Crippen LogP contribution in [0.3, 0.4) is 0 Å². The molecule has 3 aromatic rings. The molecule has 0 bridgehead atoms. The smallest absolute Gasteiger partial charge is 0.254 e. The molecule has 1 heterocycles. The molecule has 1 atom stereocenters. The first-order valence-electron chi connectivity index (χ1n) is 8.92. The van der Waals surface area contributed by atoms with Crippen molar-refractivity contribution in [1.82, 2.24) is 0 Å². The Labute approximate surface area is 164 Å². The fraction of sp³-hybridized carbons (Fsp3) is 0.0870. The average Bonchev–Trinajstić information content (AvgIpc) is 3.35. The van der Waals surface area contributed by atoms with Crippen LogP contribution >= 0.6 is 11.3 Å². The van der Waals surface area contributed by atoms with Crippen molar-refractivity contribution in [2.45, 2.75) is 12.7 Å². The van der Waals surface area contributed by atoms with Gasteiger partial charge in [-0.15, -0.1) is 0 Å². The SMILES string of the molecule is C[Si](OC1C=CC(=O)C1=Cc1ccsc1)(c1ccccc1)c1ccccc1. The molecule has 4 heteroatoms. The highest BCUT2D eigenvalue weighted by Gasteiger charge is 2.38. The van der Waals surface area contributed by atoms with E-state index in [-0.39, 0.29) is 11.9 Å². The summed E-state index contributed by atoms with van der Waals surface area (Å²) in [4.78, 5) is 12.5. The van der Waals surface area contributed by atoms with Crippen molar-refractivity contribution >= 4 is 41.9 Å². The highest BCUT2D eigenvalue weighted by molar-refractivity contribution is 7.08. The van der Waals surface area contributed by atoms with Crippen LogP contribution in [-0.4, -0.2) is 20.2 Å². The monoisotopic (exact) mass is 388 g/mol. The van der Waals surface area contributed by atoms with Gasteiger partial charge in [-0.3, -0.25) is 4.79 Å². The van der Waals surface area contributed by atoms with Crippen molar-refractivity contribution in [2.75, 3.05) is 0 Å². The number of benzene rings is 2. The molecule has 2 nitrogen and oxygen atoms in total. The highest BCUT2D eigenvalue weighted by atomic mass is 32.1. The van der Waals surface area contributed by atoms with Crippen LogP contribution in [-0.2, 0) is 9.22 Å². The Hall–Kier alpha value is -2.53. The van der Waals surface area contributed by atoms with Crippen LogP contribution in [0.2, 0.25) is 6.55 Å². The van der Waals surface area contributed by atoms with Crippen molar-refractivity contribution in [2.24, 2.45) is 0 Å². The minimum atomic E-state index is -2.48. The van der Waals surface area contributed by atoms with Crippen molar-refractivity contribution in [3.63, 3.8) is 0 Å². The Balaban J connectivity index is 1.74. The predicted molar refractivity (Wildman–Crippen MR) is 115 cm³/mol. The Morgan fingerprint density at radius 3 is 2.15 bits per heavy atom. The Morgan fingerprint density at radius 1 is 0.963 bits per heavy atom. The van der Waals surface area contributed by atoms with E-state index in [4.69, 9.17) is 4.43 Å². The maximum atomic E-state index is 12.5. The molecule has 1 aliphatic carbocycles. The second-order valence-electron chi connectivity index (χ2n) is 6.68. The first kappa shape index (κ1) is 17.9. The van der Waals surface area contributed by atoms with Gasteiger partial charge in [0.05, 0.1) is 6.10 Å². The van der Waals surface area contributed by atoms with Crippen LogP contribution in [0.25, 0.3) is 6.08 Å². The van der Waals surface area contributed by atoms with Gasteiger partial charge in [-0.2, -0.15) is 11.3 Å². The molecule has 0 fully saturated rings. The minimum absolute atomic E-state index is 0.0312. The summed E-state index contributed by atoms with van der Waals surface area (Å²) in [6.07, 6.45) is 5.15. The largest absolute Gasteiger partial charge is 0.398 e. The lowest BCUT2D eigenvalue weighted by atomic mass is 10.1. The fourth-order valence-electron chi connectivity index (χ4n) is 3.38. The van der Waals surface area contributed by atoms with Gasteiger partial charge in [0, 0.05) is 5.57 Å². The lowest BCUT2D eigenvalue weighted by Crippen LogP contribution is -2.59. The van der Waals surface area contributed by atoms with Gasteiger partial charge in [0.2, 0.25) is 0 Å². The van der Waals surface area contributed by atoms with Gasteiger partial charge in [-0.25, -0.2) is 0 Å². The van der Waals surface area contributed by atoms with Crippen LogP contribution < -0.4 is 10.4 Å². The number of ketones is 1. The zero-order valence-electron chi connectivity index (χ0n) is 15.0. The maximum Gasteiger partial charge on any atom is 0.254 e. The van der Waals surface area contributed by atoms with Gasteiger partial charge in [0.25, 0.3) is 8.32 Å². The molecule has 0 saturated heterocycles. The van der Waals surface area contributed by atoms with Gasteiger partial charge in [0.15, 0.2) is 5.78 Å². The Kier molecular flexibility index (Phi) is 5.03. The summed E-state index contributed by atoms with van der Waals surface area (Å²) in [7, 11) is -2.48. The fourth-order valence-corrected chi connectivity index (χ4v) is 6.97. The second kappa shape index (κ2) is 7.60. The van der Waals surface area contributed by atoms with Gasteiger partial charge in [-0.05, 0) is 57.5 Å². The predicted octanol–water partition coefficient (Wildman–Crippen LogP) is 4.05. The maximum absolute atomic E-state index is 12.5. The van der Waals surface area contributed by atoms with Crippen molar-refractivity contribution in [1.29, 1.82) is 0 Å². The molecule has 0 aliphatic heterocycles. The molecular weight excluding hydrogens is 368 g/mol. The topological polar surface area (TPSA) is 26.3 Å². The summed E-state index contributed by atoms with van der Waals surface area (Å²) < 4.78 is 6.77. The Morgan fingerprint density at radius 2 is 1.59 bits per heavy atom. The second-order valence-corrected chi connectivity index (χ2v) is 10.9. The first-order valence-corrected chi connectivity index (χ1v) is 12.3. The molecule has 27 heavy (non-hydrogen) atoms. The molecule has 0 N–H and O–H groups in total. The van der Waals surface area contributed by atoms with E-state index in [1.165, 1.54) is 10.4 Å². The number of hydrogen-bond acceptors (Lipinski definition) is 3. The van der Waals surface area contributed by atoms with E-state index < -0.39 is 8.32 Å². The molecule has 2 aromatic carbocycles. The molecule has 0 radical (unpaired) electrons. The van der Waals surface area contributed by atoms with Crippen LogP contribution in [0.1, 0.15) is 5.56 Å². The van der Waals surface area contributed by atoms with Gasteiger partial charge >= 0.3 is 0 Å². The summed E-state index contributed by atoms with van der Waals surface area (Å²) in [6.45, 7) is 2.20. The van der Waals surface area contributed by atoms with Gasteiger partial charge in [-0.1, -0.05) is 60.7 Å². The Bertz CT molecular complexity index is 936. The minimum Gasteiger partial charge on any atom is -0.398 e. The highest BCUT2D eigenvalue weighted by Crippen LogP contribution is 2.25. The number of hydrogen-bond donors (Lipinski definition) is 0. The molecule has 0 spiro atoms. The van der Waals surface area contributed by atoms with E-state index in [1.807, 2.05) is 65.4 Å². The lowest BCUT2D eigenvalue weighted by molar-refractivity contribution is -0.111. The van der Waals surface area contributed by atoms with E-state index in [2.05, 4.69) is 30.8 Å². The third-order valence-electron chi connectivity index (χ3n) is 4.89. The van der Waals surface area contributed by atoms with Crippen molar-refractivity contribution in [3.05, 3.63) is 101 Å². The van der Waals surface area contributed by atoms with E-state index in [1.54, 1.807) is 17.4 Å². The van der Waals surface area contributed by atoms with Crippen LogP contribution in [0.5, 0.6) is 0 Å². The van der Waals surface area contributed by atoms with Crippen LogP contribution in [0, 0.1) is 0 Å². The van der Waals surface area contributed by atoms with E-state index in [0.717, 1.165) is 5.56 Å². The van der Waals surface area contributed by atoms with Gasteiger partial charge < -0.3 is 4.43 Å². The number of carbonyl (C=O) groups excluding carboxylic acids is 1. The van der Waals surface area contributed by atoms with Crippen LogP contribution in [0.15, 0.2) is 95.2 Å². The molecule has 1 unspecified atom stereocenters. The van der Waals surface area contributed by atoms with E-state index in [9.17, 15) is 4.79 Å². The molecule has 0 saturated carbocycles. The third-order valence-corrected chi connectivity index (χ3v) is 9.19. The van der Waals surface area contributed by atoms with Crippen molar-refractivity contribution < 1.29 is 9.22 Å². The summed E-state index contributed by atoms with van der Waals surface area (Å²) in [5.74, 6) is 0.0312. The quantitative estimate of drug-likeness (QED) is 0.487. The number of allylic oxidation sites excluding steroid dienone is 1. The van der Waals surface area contributed by atoms with E-state index >= 15 is 0 Å². The number of thiophene rings is 1. The first-order chi connectivity index (χ1) is 13.2. The summed E-state index contributed by atoms with van der Waals surface area (Å²) in [5, 5.41) is 6.44. The summed E-state index contributed by atoms with van der Waals surface area (Å²) in [5.41, 5.74) is 1.75. The van der Waals surface area contributed by atoms with Crippen LogP contribution in [0.4, 0.5) is 0 Å². The number of rotatable bonds is 5. The normalized spacial score (nSPS) is 18.3. The third kappa shape index (κ3) is 3.65. The van der Waals surface area contributed by atoms with E-state index in [0.29, 0.717) is 5.57 Å². The molecular formula is C23H20O2SSi. The summed E-state index contributed by atoms with van der Waals surface area (Å²) >= 11 is 1.62. The molecule has 1 aromatic heterocycles. The molecule has 4 rings (SSSR count). The molecule has 134 valence electrons. The lowest BCUT2D eigenvalue weighted by Gasteiger charge is -2.31. The zero-order valence-corrected chi connectivity index (χ0v) is 16.9. The standard InChI is InChI=1S/C23H20O2SSi/c1-27(19-8-4-2-5-9-19,20-10-6-3-7-11-20)25-23-13-12-22(24)21(23)16-18-14-15-26-17-18/h2-17,23H,1H3. The van der Waals surface area contributed by atoms with Gasteiger partial charge in [0.1, 0.15) is 0 Å².